The van der Waals surface area contributed by atoms with E-state index in [0.29, 0.717) is 22.5 Å². The van der Waals surface area contributed by atoms with Gasteiger partial charge in [0.15, 0.2) is 0 Å². The first-order chi connectivity index (χ1) is 33.6. The molecule has 7 heteroatoms. The minimum atomic E-state index is -0.712. The van der Waals surface area contributed by atoms with Crippen LogP contribution < -0.4 is 0 Å². The Morgan fingerprint density at radius 3 is 0.941 bits per heavy atom. The number of hydrogen-bond donors (Lipinski definition) is 0. The molecule has 0 unspecified atom stereocenters. The van der Waals surface area contributed by atoms with Crippen molar-refractivity contribution in [3.63, 3.8) is 0 Å². The molecule has 14 aromatic rings. The number of fused-ring (bicyclic) bond motifs is 12. The SMILES string of the molecule is N#Cc1cc(-n2c3ccccc3c3ccc(-n4c5ccccc5c5ccccc54)cc32)c(-c2c(F)cccc2F)c(-n2c3ccccc3c3ccc(-n4c5ccccc5c5ccccc54)cc32)c1. The lowest BCUT2D eigenvalue weighted by Gasteiger charge is -2.22. The third kappa shape index (κ3) is 5.28. The molecule has 0 bridgehead atoms. The summed E-state index contributed by atoms with van der Waals surface area (Å²) in [6.45, 7) is 0. The van der Waals surface area contributed by atoms with Gasteiger partial charge in [-0.2, -0.15) is 5.26 Å². The van der Waals surface area contributed by atoms with E-state index in [1.165, 1.54) is 18.2 Å². The lowest BCUT2D eigenvalue weighted by molar-refractivity contribution is 0.589. The van der Waals surface area contributed by atoms with Gasteiger partial charge in [-0.05, 0) is 84.9 Å². The maximum Gasteiger partial charge on any atom is 0.134 e. The van der Waals surface area contributed by atoms with E-state index in [1.54, 1.807) is 12.1 Å². The Kier molecular flexibility index (Phi) is 8.05. The van der Waals surface area contributed by atoms with Gasteiger partial charge in [0.05, 0.1) is 72.7 Å². The second kappa shape index (κ2) is 14.4. The van der Waals surface area contributed by atoms with Crippen LogP contribution in [-0.2, 0) is 0 Å². The van der Waals surface area contributed by atoms with Gasteiger partial charge in [-0.3, -0.25) is 0 Å². The summed E-state index contributed by atoms with van der Waals surface area (Å²) in [5.41, 5.74) is 10.8. The zero-order valence-electron chi connectivity index (χ0n) is 36.2. The highest BCUT2D eigenvalue weighted by Crippen LogP contribution is 2.45. The standard InChI is InChI=1S/C61H35F2N5/c62-48-20-13-21-49(63)60(48)61-58(67-54-26-11-5-18-44(54)46-30-28-38(34-56(46)67)65-50-22-7-1-14-40(50)41-15-2-8-23-51(41)65)32-37(36-64)33-59(61)68-55-27-12-6-19-45(55)47-31-29-39(35-57(47)68)66-52-24-9-3-16-42(52)43-17-4-10-25-53(43)66/h1-35H. The molecule has 0 aliphatic heterocycles. The minimum absolute atomic E-state index is 0.184. The average Bonchev–Trinajstić information content (AvgIpc) is 4.11. The van der Waals surface area contributed by atoms with Gasteiger partial charge in [0.1, 0.15) is 11.6 Å². The monoisotopic (exact) mass is 875 g/mol. The number of para-hydroxylation sites is 6. The Hall–Kier alpha value is -9.25. The van der Waals surface area contributed by atoms with Crippen LogP contribution in [0.5, 0.6) is 0 Å². The third-order valence-corrected chi connectivity index (χ3v) is 13.9. The quantitative estimate of drug-likeness (QED) is 0.170. The van der Waals surface area contributed by atoms with Gasteiger partial charge >= 0.3 is 0 Å². The second-order valence-electron chi connectivity index (χ2n) is 17.4. The highest BCUT2D eigenvalue weighted by molar-refractivity contribution is 6.15. The van der Waals surface area contributed by atoms with Gasteiger partial charge in [0.2, 0.25) is 0 Å². The smallest absolute Gasteiger partial charge is 0.134 e. The summed E-state index contributed by atoms with van der Waals surface area (Å²) >= 11 is 0. The van der Waals surface area contributed by atoms with Crippen molar-refractivity contribution in [2.45, 2.75) is 0 Å². The predicted molar refractivity (Wildman–Crippen MR) is 274 cm³/mol. The number of rotatable bonds is 5. The van der Waals surface area contributed by atoms with E-state index in [2.05, 4.69) is 170 Å². The summed E-state index contributed by atoms with van der Waals surface area (Å²) in [7, 11) is 0. The van der Waals surface area contributed by atoms with Crippen molar-refractivity contribution < 1.29 is 8.78 Å². The van der Waals surface area contributed by atoms with Crippen LogP contribution in [-0.4, -0.2) is 18.3 Å². The number of benzene rings is 10. The van der Waals surface area contributed by atoms with Crippen LogP contribution in [0.15, 0.2) is 212 Å². The van der Waals surface area contributed by atoms with Gasteiger partial charge in [0, 0.05) is 60.0 Å². The van der Waals surface area contributed by atoms with Crippen LogP contribution in [0.3, 0.4) is 0 Å². The van der Waals surface area contributed by atoms with Gasteiger partial charge in [-0.15, -0.1) is 0 Å². The van der Waals surface area contributed by atoms with Crippen LogP contribution in [0.25, 0.3) is 121 Å². The Bertz CT molecular complexity index is 4120. The van der Waals surface area contributed by atoms with E-state index in [-0.39, 0.29) is 5.56 Å². The summed E-state index contributed by atoms with van der Waals surface area (Å²) in [6.07, 6.45) is 0. The van der Waals surface area contributed by atoms with E-state index in [9.17, 15) is 5.26 Å². The number of nitriles is 1. The van der Waals surface area contributed by atoms with Gasteiger partial charge in [-0.25, -0.2) is 8.78 Å². The van der Waals surface area contributed by atoms with E-state index < -0.39 is 11.6 Å². The largest absolute Gasteiger partial charge is 0.309 e. The zero-order chi connectivity index (χ0) is 45.2. The van der Waals surface area contributed by atoms with Gasteiger partial charge < -0.3 is 18.3 Å². The fraction of sp³-hybridized carbons (Fsp3) is 0. The molecule has 0 spiro atoms. The van der Waals surface area contributed by atoms with Crippen molar-refractivity contribution in [1.82, 2.24) is 18.3 Å². The van der Waals surface area contributed by atoms with Crippen LogP contribution in [0.4, 0.5) is 8.78 Å². The summed E-state index contributed by atoms with van der Waals surface area (Å²) in [6, 6.07) is 72.7. The molecule has 318 valence electrons. The van der Waals surface area contributed by atoms with Crippen molar-refractivity contribution in [2.75, 3.05) is 0 Å². The second-order valence-corrected chi connectivity index (χ2v) is 17.4. The molecule has 0 aliphatic rings. The van der Waals surface area contributed by atoms with Crippen molar-refractivity contribution in [2.24, 2.45) is 0 Å². The van der Waals surface area contributed by atoms with Crippen LogP contribution in [0.1, 0.15) is 5.56 Å². The van der Waals surface area contributed by atoms with Crippen LogP contribution in [0, 0.1) is 23.0 Å². The first-order valence-corrected chi connectivity index (χ1v) is 22.6. The summed E-state index contributed by atoms with van der Waals surface area (Å²) < 4.78 is 42.7. The fourth-order valence-electron chi connectivity index (χ4n) is 11.1. The van der Waals surface area contributed by atoms with Crippen molar-refractivity contribution >= 4 is 87.2 Å². The predicted octanol–water partition coefficient (Wildman–Crippen LogP) is 15.9. The molecule has 0 fully saturated rings. The molecular weight excluding hydrogens is 841 g/mol. The highest BCUT2D eigenvalue weighted by atomic mass is 19.1. The Balaban J connectivity index is 1.13. The Labute approximate surface area is 387 Å². The molecule has 0 amide bonds. The first-order valence-electron chi connectivity index (χ1n) is 22.6. The topological polar surface area (TPSA) is 43.5 Å². The van der Waals surface area contributed by atoms with E-state index in [4.69, 9.17) is 0 Å². The number of aromatic nitrogens is 4. The molecule has 0 radical (unpaired) electrons. The highest BCUT2D eigenvalue weighted by Gasteiger charge is 2.27. The Morgan fingerprint density at radius 2 is 0.603 bits per heavy atom. The lowest BCUT2D eigenvalue weighted by Crippen LogP contribution is -2.07. The fourth-order valence-corrected chi connectivity index (χ4v) is 11.1. The van der Waals surface area contributed by atoms with E-state index in [0.717, 1.165) is 98.6 Å². The normalized spacial score (nSPS) is 12.0. The minimum Gasteiger partial charge on any atom is -0.309 e. The maximum atomic E-state index is 17.0. The summed E-state index contributed by atoms with van der Waals surface area (Å²) in [5.74, 6) is -1.42. The maximum absolute atomic E-state index is 17.0. The molecule has 4 aromatic heterocycles. The number of hydrogen-bond acceptors (Lipinski definition) is 1. The van der Waals surface area contributed by atoms with Gasteiger partial charge in [0.25, 0.3) is 0 Å². The van der Waals surface area contributed by atoms with Crippen LogP contribution >= 0.6 is 0 Å². The average molecular weight is 876 g/mol. The van der Waals surface area contributed by atoms with Crippen molar-refractivity contribution in [3.05, 3.63) is 230 Å². The molecule has 0 N–H and O–H groups in total. The molecule has 4 heterocycles. The third-order valence-electron chi connectivity index (χ3n) is 13.9. The molecule has 0 aliphatic carbocycles. The zero-order valence-corrected chi connectivity index (χ0v) is 36.2. The molecule has 68 heavy (non-hydrogen) atoms. The molecule has 10 aromatic carbocycles. The summed E-state index contributed by atoms with van der Waals surface area (Å²) in [4.78, 5) is 0. The number of nitrogens with zero attached hydrogens (tertiary/aromatic N) is 5. The first kappa shape index (κ1) is 38.1. The molecular formula is C61H35F2N5. The number of halogens is 2. The Morgan fingerprint density at radius 1 is 0.294 bits per heavy atom. The molecule has 0 saturated heterocycles. The summed E-state index contributed by atoms with van der Waals surface area (Å²) in [5, 5.41) is 19.4. The van der Waals surface area contributed by atoms with Crippen molar-refractivity contribution in [1.29, 1.82) is 5.26 Å². The van der Waals surface area contributed by atoms with Crippen molar-refractivity contribution in [3.8, 4) is 39.9 Å². The van der Waals surface area contributed by atoms with E-state index >= 15 is 8.78 Å². The van der Waals surface area contributed by atoms with Crippen LogP contribution in [0.2, 0.25) is 0 Å². The molecule has 0 saturated carbocycles. The molecule has 14 rings (SSSR count). The molecule has 5 nitrogen and oxygen atoms in total. The van der Waals surface area contributed by atoms with Gasteiger partial charge in [-0.1, -0.05) is 127 Å². The lowest BCUT2D eigenvalue weighted by atomic mass is 9.97. The van der Waals surface area contributed by atoms with E-state index in [1.807, 2.05) is 36.4 Å². The molecule has 0 atom stereocenters.